The molecular weight excluding hydrogens is 330 g/mol. The summed E-state index contributed by atoms with van der Waals surface area (Å²) in [6.07, 6.45) is 2.88. The first kappa shape index (κ1) is 17.6. The second-order valence-corrected chi connectivity index (χ2v) is 6.11. The third-order valence-corrected chi connectivity index (χ3v) is 4.44. The maximum Gasteiger partial charge on any atom is 0.326 e. The number of aromatic nitrogens is 1. The van der Waals surface area contributed by atoms with Gasteiger partial charge in [0.15, 0.2) is 0 Å². The number of rotatable bonds is 8. The summed E-state index contributed by atoms with van der Waals surface area (Å²) in [5.41, 5.74) is 1.35. The molecule has 1 aromatic carbocycles. The molecule has 0 radical (unpaired) electrons. The van der Waals surface area contributed by atoms with Crippen LogP contribution in [0.25, 0.3) is 0 Å². The summed E-state index contributed by atoms with van der Waals surface area (Å²) in [5, 5.41) is 15.2. The number of aliphatic carboxylic acids is 1. The van der Waals surface area contributed by atoms with E-state index in [4.69, 9.17) is 0 Å². The SMILES string of the molecule is CCc1ncc(C(=O)NC(Cc2ccc(NC=O)cc2)C(=O)O)s1. The van der Waals surface area contributed by atoms with Crippen molar-refractivity contribution in [3.63, 3.8) is 0 Å². The summed E-state index contributed by atoms with van der Waals surface area (Å²) in [4.78, 5) is 38.4. The van der Waals surface area contributed by atoms with E-state index in [9.17, 15) is 19.5 Å². The highest BCUT2D eigenvalue weighted by Crippen LogP contribution is 2.14. The predicted molar refractivity (Wildman–Crippen MR) is 90.2 cm³/mol. The highest BCUT2D eigenvalue weighted by molar-refractivity contribution is 7.13. The van der Waals surface area contributed by atoms with E-state index >= 15 is 0 Å². The summed E-state index contributed by atoms with van der Waals surface area (Å²) < 4.78 is 0. The molecule has 1 heterocycles. The second kappa shape index (κ2) is 8.21. The van der Waals surface area contributed by atoms with Crippen molar-refractivity contribution < 1.29 is 19.5 Å². The fraction of sp³-hybridized carbons (Fsp3) is 0.250. The van der Waals surface area contributed by atoms with Crippen LogP contribution < -0.4 is 10.6 Å². The molecule has 0 aliphatic carbocycles. The number of anilines is 1. The Morgan fingerprint density at radius 2 is 2.04 bits per heavy atom. The average molecular weight is 347 g/mol. The van der Waals surface area contributed by atoms with Gasteiger partial charge in [-0.05, 0) is 24.1 Å². The molecule has 1 unspecified atom stereocenters. The predicted octanol–water partition coefficient (Wildman–Crippen LogP) is 1.70. The number of carbonyl (C=O) groups excluding carboxylic acids is 2. The zero-order valence-electron chi connectivity index (χ0n) is 13.0. The van der Waals surface area contributed by atoms with Crippen LogP contribution in [0.2, 0.25) is 0 Å². The van der Waals surface area contributed by atoms with Gasteiger partial charge in [-0.25, -0.2) is 9.78 Å². The van der Waals surface area contributed by atoms with Gasteiger partial charge in [0, 0.05) is 12.1 Å². The molecule has 1 aromatic heterocycles. The monoisotopic (exact) mass is 347 g/mol. The molecule has 7 nitrogen and oxygen atoms in total. The van der Waals surface area contributed by atoms with Crippen molar-refractivity contribution in [1.82, 2.24) is 10.3 Å². The summed E-state index contributed by atoms with van der Waals surface area (Å²) in [7, 11) is 0. The Hall–Kier alpha value is -2.74. The summed E-state index contributed by atoms with van der Waals surface area (Å²) in [5.74, 6) is -1.56. The van der Waals surface area contributed by atoms with Gasteiger partial charge < -0.3 is 15.7 Å². The highest BCUT2D eigenvalue weighted by atomic mass is 32.1. The third kappa shape index (κ3) is 4.63. The molecule has 0 bridgehead atoms. The van der Waals surface area contributed by atoms with E-state index in [2.05, 4.69) is 15.6 Å². The van der Waals surface area contributed by atoms with E-state index in [1.54, 1.807) is 24.3 Å². The molecule has 0 saturated carbocycles. The van der Waals surface area contributed by atoms with Gasteiger partial charge in [-0.3, -0.25) is 9.59 Å². The van der Waals surface area contributed by atoms with Gasteiger partial charge in [0.1, 0.15) is 10.9 Å². The first-order chi connectivity index (χ1) is 11.5. The number of thiazole rings is 1. The first-order valence-electron chi connectivity index (χ1n) is 7.31. The number of aryl methyl sites for hydroxylation is 1. The number of carboxylic acids is 1. The maximum absolute atomic E-state index is 12.2. The van der Waals surface area contributed by atoms with Crippen LogP contribution in [-0.2, 0) is 22.4 Å². The van der Waals surface area contributed by atoms with Crippen molar-refractivity contribution >= 4 is 35.3 Å². The van der Waals surface area contributed by atoms with E-state index in [1.807, 2.05) is 6.92 Å². The summed E-state index contributed by atoms with van der Waals surface area (Å²) >= 11 is 1.25. The highest BCUT2D eigenvalue weighted by Gasteiger charge is 2.22. The van der Waals surface area contributed by atoms with Crippen LogP contribution in [0, 0.1) is 0 Å². The fourth-order valence-electron chi connectivity index (χ4n) is 2.05. The molecule has 0 saturated heterocycles. The largest absolute Gasteiger partial charge is 0.480 e. The molecular formula is C16H17N3O4S. The van der Waals surface area contributed by atoms with Crippen LogP contribution >= 0.6 is 11.3 Å². The minimum absolute atomic E-state index is 0.141. The van der Waals surface area contributed by atoms with E-state index in [0.29, 0.717) is 17.0 Å². The van der Waals surface area contributed by atoms with Crippen molar-refractivity contribution in [2.24, 2.45) is 0 Å². The number of nitrogens with zero attached hydrogens (tertiary/aromatic N) is 1. The number of nitrogens with one attached hydrogen (secondary N) is 2. The Kier molecular flexibility index (Phi) is 6.02. The molecule has 0 aliphatic rings. The summed E-state index contributed by atoms with van der Waals surface area (Å²) in [6.45, 7) is 1.93. The first-order valence-corrected chi connectivity index (χ1v) is 8.12. The minimum Gasteiger partial charge on any atom is -0.480 e. The van der Waals surface area contributed by atoms with Gasteiger partial charge in [0.2, 0.25) is 6.41 Å². The zero-order valence-corrected chi connectivity index (χ0v) is 13.8. The average Bonchev–Trinajstić information content (AvgIpc) is 3.05. The van der Waals surface area contributed by atoms with Gasteiger partial charge in [-0.1, -0.05) is 19.1 Å². The topological polar surface area (TPSA) is 108 Å². The molecule has 0 fully saturated rings. The lowest BCUT2D eigenvalue weighted by molar-refractivity contribution is -0.139. The van der Waals surface area contributed by atoms with Gasteiger partial charge in [-0.15, -0.1) is 11.3 Å². The lowest BCUT2D eigenvalue weighted by Gasteiger charge is -2.14. The Labute approximate surface area is 142 Å². The lowest BCUT2D eigenvalue weighted by atomic mass is 10.1. The number of carbonyl (C=O) groups is 3. The molecule has 0 aliphatic heterocycles. The number of hydrogen-bond donors (Lipinski definition) is 3. The van der Waals surface area contributed by atoms with Crippen molar-refractivity contribution in [3.8, 4) is 0 Å². The van der Waals surface area contributed by atoms with Crippen LogP contribution in [0.5, 0.6) is 0 Å². The number of carboxylic acid groups (broad SMARTS) is 1. The maximum atomic E-state index is 12.2. The smallest absolute Gasteiger partial charge is 0.326 e. The van der Waals surface area contributed by atoms with Crippen molar-refractivity contribution in [3.05, 3.63) is 45.9 Å². The molecule has 8 heteroatoms. The second-order valence-electron chi connectivity index (χ2n) is 5.00. The van der Waals surface area contributed by atoms with Gasteiger partial charge >= 0.3 is 5.97 Å². The van der Waals surface area contributed by atoms with E-state index in [-0.39, 0.29) is 6.42 Å². The van der Waals surface area contributed by atoms with Gasteiger partial charge in [0.05, 0.1) is 11.2 Å². The van der Waals surface area contributed by atoms with Crippen molar-refractivity contribution in [1.29, 1.82) is 0 Å². The van der Waals surface area contributed by atoms with Crippen molar-refractivity contribution in [2.75, 3.05) is 5.32 Å². The normalized spacial score (nSPS) is 11.5. The van der Waals surface area contributed by atoms with E-state index in [1.165, 1.54) is 17.5 Å². The number of hydrogen-bond acceptors (Lipinski definition) is 5. The molecule has 0 spiro atoms. The molecule has 1 atom stereocenters. The zero-order chi connectivity index (χ0) is 17.5. The molecule has 2 aromatic rings. The van der Waals surface area contributed by atoms with Crippen molar-refractivity contribution in [2.45, 2.75) is 25.8 Å². The number of benzene rings is 1. The van der Waals surface area contributed by atoms with Crippen LogP contribution in [0.1, 0.15) is 27.2 Å². The van der Waals surface area contributed by atoms with Crippen LogP contribution in [-0.4, -0.2) is 34.4 Å². The minimum atomic E-state index is -1.11. The van der Waals surface area contributed by atoms with Gasteiger partial charge in [0.25, 0.3) is 5.91 Å². The van der Waals surface area contributed by atoms with Crippen LogP contribution in [0.4, 0.5) is 5.69 Å². The molecule has 3 N–H and O–H groups in total. The van der Waals surface area contributed by atoms with Crippen LogP contribution in [0.15, 0.2) is 30.5 Å². The lowest BCUT2D eigenvalue weighted by Crippen LogP contribution is -2.42. The summed E-state index contributed by atoms with van der Waals surface area (Å²) in [6, 6.07) is 5.70. The van der Waals surface area contributed by atoms with E-state index < -0.39 is 17.9 Å². The third-order valence-electron chi connectivity index (χ3n) is 3.30. The number of amides is 2. The molecule has 2 rings (SSSR count). The standard InChI is InChI=1S/C16H17N3O4S/c1-2-14-17-8-13(24-14)15(21)19-12(16(22)23)7-10-3-5-11(6-4-10)18-9-20/h3-6,8-9,12H,2,7H2,1H3,(H,18,20)(H,19,21)(H,22,23). The molecule has 126 valence electrons. The Balaban J connectivity index is 2.04. The van der Waals surface area contributed by atoms with Crippen LogP contribution in [0.3, 0.4) is 0 Å². The fourth-order valence-corrected chi connectivity index (χ4v) is 2.81. The van der Waals surface area contributed by atoms with Gasteiger partial charge in [-0.2, -0.15) is 0 Å². The molecule has 24 heavy (non-hydrogen) atoms. The molecule has 2 amide bonds. The van der Waals surface area contributed by atoms with E-state index in [0.717, 1.165) is 17.0 Å². The Bertz CT molecular complexity index is 727. The Morgan fingerprint density at radius 1 is 1.33 bits per heavy atom. The quantitative estimate of drug-likeness (QED) is 0.630. The Morgan fingerprint density at radius 3 is 2.58 bits per heavy atom.